The molecule has 2 aliphatic carbocycles. The van der Waals surface area contributed by atoms with E-state index in [-0.39, 0.29) is 0 Å². The Bertz CT molecular complexity index is 156. The highest BCUT2D eigenvalue weighted by molar-refractivity contribution is 4.65. The SMILES string of the molecule is C1CCCC(OOC2CCCCC2)CC1. The van der Waals surface area contributed by atoms with Crippen molar-refractivity contribution in [3.8, 4) is 0 Å². The second kappa shape index (κ2) is 6.49. The van der Waals surface area contributed by atoms with Gasteiger partial charge in [-0.3, -0.25) is 0 Å². The van der Waals surface area contributed by atoms with E-state index in [1.54, 1.807) is 0 Å². The maximum Gasteiger partial charge on any atom is 0.0930 e. The van der Waals surface area contributed by atoms with Crippen molar-refractivity contribution in [3.05, 3.63) is 0 Å². The second-order valence-electron chi connectivity index (χ2n) is 5.07. The lowest BCUT2D eigenvalue weighted by atomic mass is 9.98. The van der Waals surface area contributed by atoms with E-state index < -0.39 is 0 Å². The molecule has 0 N–H and O–H groups in total. The molecule has 88 valence electrons. The highest BCUT2D eigenvalue weighted by atomic mass is 17.2. The predicted molar refractivity (Wildman–Crippen MR) is 60.5 cm³/mol. The number of hydrogen-bond acceptors (Lipinski definition) is 2. The lowest BCUT2D eigenvalue weighted by Gasteiger charge is -2.23. The molecule has 0 atom stereocenters. The molecule has 2 nitrogen and oxygen atoms in total. The molecule has 0 heterocycles. The molecule has 0 bridgehead atoms. The first kappa shape index (κ1) is 11.4. The maximum absolute atomic E-state index is 5.60. The first-order valence-corrected chi connectivity index (χ1v) is 6.77. The Morgan fingerprint density at radius 2 is 0.800 bits per heavy atom. The third-order valence-corrected chi connectivity index (χ3v) is 3.68. The van der Waals surface area contributed by atoms with E-state index in [0.717, 1.165) is 0 Å². The van der Waals surface area contributed by atoms with Gasteiger partial charge in [0.1, 0.15) is 0 Å². The van der Waals surface area contributed by atoms with E-state index in [4.69, 9.17) is 9.78 Å². The van der Waals surface area contributed by atoms with Crippen LogP contribution in [0.5, 0.6) is 0 Å². The summed E-state index contributed by atoms with van der Waals surface area (Å²) in [5.41, 5.74) is 0. The van der Waals surface area contributed by atoms with Crippen LogP contribution in [-0.2, 0) is 9.78 Å². The van der Waals surface area contributed by atoms with Crippen LogP contribution in [0, 0.1) is 0 Å². The number of hydrogen-bond donors (Lipinski definition) is 0. The van der Waals surface area contributed by atoms with Gasteiger partial charge in [-0.15, -0.1) is 0 Å². The normalized spacial score (nSPS) is 26.4. The van der Waals surface area contributed by atoms with Crippen LogP contribution in [0.4, 0.5) is 0 Å². The summed E-state index contributed by atoms with van der Waals surface area (Å²) in [7, 11) is 0. The lowest BCUT2D eigenvalue weighted by Crippen LogP contribution is -2.21. The molecular formula is C13H24O2. The van der Waals surface area contributed by atoms with Crippen LogP contribution in [0.2, 0.25) is 0 Å². The summed E-state index contributed by atoms with van der Waals surface area (Å²) in [5, 5.41) is 0. The van der Waals surface area contributed by atoms with E-state index in [0.29, 0.717) is 12.2 Å². The van der Waals surface area contributed by atoms with Gasteiger partial charge in [0.25, 0.3) is 0 Å². The maximum atomic E-state index is 5.60. The Morgan fingerprint density at radius 1 is 0.467 bits per heavy atom. The van der Waals surface area contributed by atoms with Crippen LogP contribution in [-0.4, -0.2) is 12.2 Å². The third kappa shape index (κ3) is 4.12. The molecule has 0 saturated heterocycles. The molecule has 0 aromatic rings. The Labute approximate surface area is 93.3 Å². The molecule has 2 fully saturated rings. The van der Waals surface area contributed by atoms with Crippen LogP contribution in [0.1, 0.15) is 70.6 Å². The Balaban J connectivity index is 1.62. The molecule has 2 saturated carbocycles. The predicted octanol–water partition coefficient (Wildman–Crippen LogP) is 3.99. The monoisotopic (exact) mass is 212 g/mol. The van der Waals surface area contributed by atoms with E-state index in [1.807, 2.05) is 0 Å². The minimum Gasteiger partial charge on any atom is -0.233 e. The van der Waals surface area contributed by atoms with Gasteiger partial charge in [-0.1, -0.05) is 44.9 Å². The van der Waals surface area contributed by atoms with Crippen molar-refractivity contribution in [2.24, 2.45) is 0 Å². The molecule has 0 unspecified atom stereocenters. The van der Waals surface area contributed by atoms with Crippen molar-refractivity contribution >= 4 is 0 Å². The largest absolute Gasteiger partial charge is 0.233 e. The van der Waals surface area contributed by atoms with Gasteiger partial charge in [0, 0.05) is 0 Å². The zero-order chi connectivity index (χ0) is 10.3. The summed E-state index contributed by atoms with van der Waals surface area (Å²) in [6.07, 6.45) is 15.0. The molecule has 0 amide bonds. The van der Waals surface area contributed by atoms with Crippen molar-refractivity contribution < 1.29 is 9.78 Å². The molecular weight excluding hydrogens is 188 g/mol. The molecule has 2 aliphatic rings. The van der Waals surface area contributed by atoms with Gasteiger partial charge in [0.05, 0.1) is 12.2 Å². The summed E-state index contributed by atoms with van der Waals surface area (Å²) < 4.78 is 0. The fourth-order valence-corrected chi connectivity index (χ4v) is 2.66. The first-order chi connectivity index (χ1) is 7.45. The topological polar surface area (TPSA) is 18.5 Å². The van der Waals surface area contributed by atoms with Gasteiger partial charge in [0.2, 0.25) is 0 Å². The molecule has 0 aromatic carbocycles. The molecule has 15 heavy (non-hydrogen) atoms. The van der Waals surface area contributed by atoms with Gasteiger partial charge in [-0.05, 0) is 25.7 Å². The minimum absolute atomic E-state index is 0.384. The fraction of sp³-hybridized carbons (Fsp3) is 1.00. The van der Waals surface area contributed by atoms with Crippen LogP contribution in [0.3, 0.4) is 0 Å². The van der Waals surface area contributed by atoms with E-state index >= 15 is 0 Å². The average Bonchev–Trinajstić information content (AvgIpc) is 2.56. The highest BCUT2D eigenvalue weighted by Crippen LogP contribution is 2.24. The number of rotatable bonds is 3. The Morgan fingerprint density at radius 3 is 1.20 bits per heavy atom. The zero-order valence-corrected chi connectivity index (χ0v) is 9.75. The average molecular weight is 212 g/mol. The van der Waals surface area contributed by atoms with E-state index in [1.165, 1.54) is 70.6 Å². The van der Waals surface area contributed by atoms with Gasteiger partial charge in [0.15, 0.2) is 0 Å². The summed E-state index contributed by atoms with van der Waals surface area (Å²) >= 11 is 0. The standard InChI is InChI=1S/C13H24O2/c1-2-5-9-12(8-4-1)14-15-13-10-6-3-7-11-13/h12-13H,1-11H2. The molecule has 2 rings (SSSR count). The van der Waals surface area contributed by atoms with Crippen LogP contribution in [0.25, 0.3) is 0 Å². The molecule has 2 heteroatoms. The molecule has 0 aliphatic heterocycles. The second-order valence-corrected chi connectivity index (χ2v) is 5.07. The van der Waals surface area contributed by atoms with Crippen LogP contribution >= 0.6 is 0 Å². The molecule has 0 spiro atoms. The molecule has 0 radical (unpaired) electrons. The quantitative estimate of drug-likeness (QED) is 0.400. The Hall–Kier alpha value is -0.0800. The van der Waals surface area contributed by atoms with Gasteiger partial charge in [-0.2, -0.15) is 0 Å². The van der Waals surface area contributed by atoms with Crippen molar-refractivity contribution in [1.29, 1.82) is 0 Å². The highest BCUT2D eigenvalue weighted by Gasteiger charge is 2.18. The summed E-state index contributed by atoms with van der Waals surface area (Å²) in [4.78, 5) is 11.2. The van der Waals surface area contributed by atoms with Crippen LogP contribution in [0.15, 0.2) is 0 Å². The summed E-state index contributed by atoms with van der Waals surface area (Å²) in [6, 6.07) is 0. The van der Waals surface area contributed by atoms with Crippen molar-refractivity contribution in [3.63, 3.8) is 0 Å². The van der Waals surface area contributed by atoms with Gasteiger partial charge in [-0.25, -0.2) is 9.78 Å². The zero-order valence-electron chi connectivity index (χ0n) is 9.75. The fourth-order valence-electron chi connectivity index (χ4n) is 2.66. The van der Waals surface area contributed by atoms with E-state index in [9.17, 15) is 0 Å². The lowest BCUT2D eigenvalue weighted by molar-refractivity contribution is -0.356. The van der Waals surface area contributed by atoms with Crippen molar-refractivity contribution in [2.75, 3.05) is 0 Å². The van der Waals surface area contributed by atoms with Crippen molar-refractivity contribution in [2.45, 2.75) is 82.8 Å². The first-order valence-electron chi connectivity index (χ1n) is 6.77. The Kier molecular flexibility index (Phi) is 4.94. The summed E-state index contributed by atoms with van der Waals surface area (Å²) in [5.74, 6) is 0. The van der Waals surface area contributed by atoms with Gasteiger partial charge >= 0.3 is 0 Å². The molecule has 0 aromatic heterocycles. The third-order valence-electron chi connectivity index (χ3n) is 3.68. The minimum atomic E-state index is 0.384. The smallest absolute Gasteiger partial charge is 0.0930 e. The van der Waals surface area contributed by atoms with Crippen LogP contribution < -0.4 is 0 Å². The summed E-state index contributed by atoms with van der Waals surface area (Å²) in [6.45, 7) is 0. The van der Waals surface area contributed by atoms with Gasteiger partial charge < -0.3 is 0 Å². The van der Waals surface area contributed by atoms with Crippen molar-refractivity contribution in [1.82, 2.24) is 0 Å². The van der Waals surface area contributed by atoms with E-state index in [2.05, 4.69) is 0 Å².